The molecule has 0 radical (unpaired) electrons. The fraction of sp³-hybridized carbons (Fsp3) is 0.632. The van der Waals surface area contributed by atoms with E-state index in [1.54, 1.807) is 18.2 Å². The molecule has 5 heteroatoms. The van der Waals surface area contributed by atoms with E-state index >= 15 is 0 Å². The van der Waals surface area contributed by atoms with Crippen LogP contribution in [-0.2, 0) is 0 Å². The number of benzene rings is 1. The van der Waals surface area contributed by atoms with Gasteiger partial charge in [0.25, 0.3) is 5.91 Å². The van der Waals surface area contributed by atoms with E-state index in [1.807, 2.05) is 0 Å². The average Bonchev–Trinajstić information content (AvgIpc) is 3.02. The summed E-state index contributed by atoms with van der Waals surface area (Å²) >= 11 is 12.1. The van der Waals surface area contributed by atoms with Gasteiger partial charge in [0.2, 0.25) is 0 Å². The van der Waals surface area contributed by atoms with Gasteiger partial charge >= 0.3 is 0 Å². The van der Waals surface area contributed by atoms with E-state index in [2.05, 4.69) is 24.1 Å². The zero-order valence-corrected chi connectivity index (χ0v) is 16.2. The number of hydrogen-bond acceptors (Lipinski definition) is 2. The van der Waals surface area contributed by atoms with Gasteiger partial charge in [0.05, 0.1) is 10.6 Å². The van der Waals surface area contributed by atoms with Crippen LogP contribution in [0.15, 0.2) is 18.2 Å². The van der Waals surface area contributed by atoms with Crippen molar-refractivity contribution in [3.05, 3.63) is 33.8 Å². The second kappa shape index (κ2) is 9.07. The SMILES string of the molecule is CCCN(CCC)C1(CNC(=O)c2ccc(Cl)cc2Cl)CCCC1. The predicted molar refractivity (Wildman–Crippen MR) is 102 cm³/mol. The summed E-state index contributed by atoms with van der Waals surface area (Å²) in [7, 11) is 0. The molecular weight excluding hydrogens is 343 g/mol. The number of hydrogen-bond donors (Lipinski definition) is 1. The van der Waals surface area contributed by atoms with Crippen molar-refractivity contribution >= 4 is 29.1 Å². The normalized spacial score (nSPS) is 16.5. The van der Waals surface area contributed by atoms with E-state index in [1.165, 1.54) is 12.8 Å². The second-order valence-electron chi connectivity index (χ2n) is 6.73. The minimum absolute atomic E-state index is 0.0978. The second-order valence-corrected chi connectivity index (χ2v) is 7.57. The number of amides is 1. The molecule has 1 aliphatic rings. The number of rotatable bonds is 8. The number of carbonyl (C=O) groups is 1. The van der Waals surface area contributed by atoms with Gasteiger partial charge in [-0.1, -0.05) is 49.9 Å². The lowest BCUT2D eigenvalue weighted by atomic mass is 9.93. The van der Waals surface area contributed by atoms with E-state index in [0.717, 1.165) is 38.8 Å². The van der Waals surface area contributed by atoms with Crippen LogP contribution in [0.2, 0.25) is 10.0 Å². The predicted octanol–water partition coefficient (Wildman–Crippen LogP) is 5.16. The first kappa shape index (κ1) is 19.6. The van der Waals surface area contributed by atoms with Gasteiger partial charge in [0.1, 0.15) is 0 Å². The first-order valence-corrected chi connectivity index (χ1v) is 9.76. The number of nitrogens with zero attached hydrogens (tertiary/aromatic N) is 1. The molecule has 3 nitrogen and oxygen atoms in total. The third-order valence-corrected chi connectivity index (χ3v) is 5.49. The number of carbonyl (C=O) groups excluding carboxylic acids is 1. The fourth-order valence-electron chi connectivity index (χ4n) is 3.78. The largest absolute Gasteiger partial charge is 0.350 e. The van der Waals surface area contributed by atoms with Gasteiger partial charge < -0.3 is 5.32 Å². The van der Waals surface area contributed by atoms with Gasteiger partial charge in [-0.15, -0.1) is 0 Å². The Morgan fingerprint density at radius 2 is 1.79 bits per heavy atom. The van der Waals surface area contributed by atoms with E-state index in [0.29, 0.717) is 22.2 Å². The summed E-state index contributed by atoms with van der Waals surface area (Å²) < 4.78 is 0. The Morgan fingerprint density at radius 1 is 1.17 bits per heavy atom. The molecule has 0 unspecified atom stereocenters. The van der Waals surface area contributed by atoms with Crippen molar-refractivity contribution in [1.29, 1.82) is 0 Å². The zero-order valence-electron chi connectivity index (χ0n) is 14.7. The van der Waals surface area contributed by atoms with Crippen molar-refractivity contribution in [2.45, 2.75) is 57.9 Å². The Hall–Kier alpha value is -0.770. The highest BCUT2D eigenvalue weighted by molar-refractivity contribution is 6.36. The molecule has 1 N–H and O–H groups in total. The van der Waals surface area contributed by atoms with Gasteiger partial charge in [0.15, 0.2) is 0 Å². The fourth-order valence-corrected chi connectivity index (χ4v) is 4.27. The topological polar surface area (TPSA) is 32.3 Å². The zero-order chi connectivity index (χ0) is 17.6. The Labute approximate surface area is 155 Å². The molecule has 1 fully saturated rings. The van der Waals surface area contributed by atoms with Gasteiger partial charge in [-0.05, 0) is 57.0 Å². The molecule has 134 valence electrons. The van der Waals surface area contributed by atoms with E-state index in [-0.39, 0.29) is 11.4 Å². The minimum atomic E-state index is -0.115. The number of nitrogens with one attached hydrogen (secondary N) is 1. The summed E-state index contributed by atoms with van der Waals surface area (Å²) in [6.07, 6.45) is 7.06. The van der Waals surface area contributed by atoms with Crippen LogP contribution in [0, 0.1) is 0 Å². The molecule has 1 aromatic carbocycles. The first-order chi connectivity index (χ1) is 11.5. The van der Waals surface area contributed by atoms with Gasteiger partial charge in [-0.3, -0.25) is 9.69 Å². The standard InChI is InChI=1S/C19H28Cl2N2O/c1-3-11-23(12-4-2)19(9-5-6-10-19)14-22-18(24)16-8-7-15(20)13-17(16)21/h7-8,13H,3-6,9-12,14H2,1-2H3,(H,22,24). The lowest BCUT2D eigenvalue weighted by molar-refractivity contribution is 0.0768. The summed E-state index contributed by atoms with van der Waals surface area (Å²) in [6, 6.07) is 5.01. The molecule has 2 rings (SSSR count). The Balaban J connectivity index is 2.09. The van der Waals surface area contributed by atoms with Crippen LogP contribution in [0.25, 0.3) is 0 Å². The summed E-state index contributed by atoms with van der Waals surface area (Å²) in [5, 5.41) is 4.08. The van der Waals surface area contributed by atoms with Crippen LogP contribution < -0.4 is 5.32 Å². The molecular formula is C19H28Cl2N2O. The molecule has 0 bridgehead atoms. The van der Waals surface area contributed by atoms with Gasteiger partial charge in [-0.2, -0.15) is 0 Å². The van der Waals surface area contributed by atoms with Crippen molar-refractivity contribution < 1.29 is 4.79 Å². The first-order valence-electron chi connectivity index (χ1n) is 9.00. The lowest BCUT2D eigenvalue weighted by Crippen LogP contribution is -2.54. The monoisotopic (exact) mass is 370 g/mol. The van der Waals surface area contributed by atoms with E-state index in [9.17, 15) is 4.79 Å². The van der Waals surface area contributed by atoms with Crippen molar-refractivity contribution in [2.24, 2.45) is 0 Å². The smallest absolute Gasteiger partial charge is 0.252 e. The Bertz CT molecular complexity index is 550. The van der Waals surface area contributed by atoms with Crippen molar-refractivity contribution in [3.8, 4) is 0 Å². The molecule has 0 aromatic heterocycles. The third-order valence-electron chi connectivity index (χ3n) is 4.95. The van der Waals surface area contributed by atoms with Crippen molar-refractivity contribution in [3.63, 3.8) is 0 Å². The summed E-state index contributed by atoms with van der Waals surface area (Å²) in [4.78, 5) is 15.1. The van der Waals surface area contributed by atoms with Crippen LogP contribution >= 0.6 is 23.2 Å². The molecule has 1 aromatic rings. The lowest BCUT2D eigenvalue weighted by Gasteiger charge is -2.41. The maximum absolute atomic E-state index is 12.6. The highest BCUT2D eigenvalue weighted by atomic mass is 35.5. The number of halogens is 2. The van der Waals surface area contributed by atoms with Crippen LogP contribution in [0.1, 0.15) is 62.7 Å². The minimum Gasteiger partial charge on any atom is -0.350 e. The molecule has 0 aliphatic heterocycles. The maximum atomic E-state index is 12.6. The summed E-state index contributed by atoms with van der Waals surface area (Å²) in [5.74, 6) is -0.115. The molecule has 0 heterocycles. The molecule has 0 saturated heterocycles. The Morgan fingerprint density at radius 3 is 2.33 bits per heavy atom. The third kappa shape index (κ3) is 4.65. The average molecular weight is 371 g/mol. The summed E-state index contributed by atoms with van der Waals surface area (Å²) in [5.41, 5.74) is 0.590. The van der Waals surface area contributed by atoms with Crippen LogP contribution in [0.5, 0.6) is 0 Å². The van der Waals surface area contributed by atoms with Crippen molar-refractivity contribution in [2.75, 3.05) is 19.6 Å². The van der Waals surface area contributed by atoms with E-state index in [4.69, 9.17) is 23.2 Å². The highest BCUT2D eigenvalue weighted by Crippen LogP contribution is 2.35. The van der Waals surface area contributed by atoms with Crippen molar-refractivity contribution in [1.82, 2.24) is 10.2 Å². The maximum Gasteiger partial charge on any atom is 0.252 e. The van der Waals surface area contributed by atoms with E-state index < -0.39 is 0 Å². The van der Waals surface area contributed by atoms with Crippen LogP contribution in [0.4, 0.5) is 0 Å². The van der Waals surface area contributed by atoms with Gasteiger partial charge in [0, 0.05) is 17.1 Å². The molecule has 1 saturated carbocycles. The highest BCUT2D eigenvalue weighted by Gasteiger charge is 2.39. The Kier molecular flexibility index (Phi) is 7.39. The molecule has 0 atom stereocenters. The quantitative estimate of drug-likeness (QED) is 0.685. The molecule has 24 heavy (non-hydrogen) atoms. The van der Waals surface area contributed by atoms with Crippen LogP contribution in [-0.4, -0.2) is 36.0 Å². The molecule has 0 spiro atoms. The molecule has 1 aliphatic carbocycles. The van der Waals surface area contributed by atoms with Crippen LogP contribution in [0.3, 0.4) is 0 Å². The molecule has 1 amide bonds. The van der Waals surface area contributed by atoms with Gasteiger partial charge in [-0.25, -0.2) is 0 Å². The summed E-state index contributed by atoms with van der Waals surface area (Å²) in [6.45, 7) is 7.30.